The topological polar surface area (TPSA) is 58.4 Å². The number of nitrogens with one attached hydrogen (secondary N) is 1. The van der Waals surface area contributed by atoms with Gasteiger partial charge in [-0.15, -0.1) is 0 Å². The molecule has 0 radical (unpaired) electrons. The van der Waals surface area contributed by atoms with Crippen LogP contribution >= 0.6 is 0 Å². The van der Waals surface area contributed by atoms with Crippen molar-refractivity contribution in [2.75, 3.05) is 18.4 Å². The Kier molecular flexibility index (Phi) is 4.93. The highest BCUT2D eigenvalue weighted by molar-refractivity contribution is 5.91. The van der Waals surface area contributed by atoms with E-state index in [0.29, 0.717) is 19.0 Å². The third-order valence-corrected chi connectivity index (χ3v) is 3.61. The lowest BCUT2D eigenvalue weighted by Crippen LogP contribution is -2.29. The predicted molar refractivity (Wildman–Crippen MR) is 77.8 cm³/mol. The average molecular weight is 261 g/mol. The number of anilines is 1. The molecule has 1 aliphatic rings. The van der Waals surface area contributed by atoms with Crippen LogP contribution in [0.3, 0.4) is 0 Å². The van der Waals surface area contributed by atoms with E-state index in [1.54, 1.807) is 0 Å². The summed E-state index contributed by atoms with van der Waals surface area (Å²) in [4.78, 5) is 14.3. The Morgan fingerprint density at radius 3 is 2.79 bits per heavy atom. The van der Waals surface area contributed by atoms with Gasteiger partial charge in [-0.1, -0.05) is 25.1 Å². The van der Waals surface area contributed by atoms with Crippen LogP contribution in [0.5, 0.6) is 0 Å². The van der Waals surface area contributed by atoms with E-state index < -0.39 is 0 Å². The quantitative estimate of drug-likeness (QED) is 0.789. The Morgan fingerprint density at radius 1 is 1.42 bits per heavy atom. The zero-order valence-electron chi connectivity index (χ0n) is 11.6. The number of rotatable bonds is 7. The number of carbonyl (C=O) groups excluding carboxylic acids is 1. The smallest absolute Gasteiger partial charge is 0.225 e. The van der Waals surface area contributed by atoms with Crippen molar-refractivity contribution < 1.29 is 4.79 Å². The summed E-state index contributed by atoms with van der Waals surface area (Å²) in [5.74, 6) is 0.0694. The number of benzene rings is 1. The summed E-state index contributed by atoms with van der Waals surface area (Å²) in [6, 6.07) is 8.41. The summed E-state index contributed by atoms with van der Waals surface area (Å²) in [5, 5.41) is 2.95. The van der Waals surface area contributed by atoms with Crippen molar-refractivity contribution in [3.63, 3.8) is 0 Å². The van der Waals surface area contributed by atoms with E-state index in [2.05, 4.69) is 17.1 Å². The van der Waals surface area contributed by atoms with Gasteiger partial charge in [-0.25, -0.2) is 0 Å². The molecule has 0 bridgehead atoms. The first-order chi connectivity index (χ1) is 9.24. The van der Waals surface area contributed by atoms with Crippen LogP contribution in [0.15, 0.2) is 24.3 Å². The molecule has 1 aromatic rings. The minimum absolute atomic E-state index is 0.0694. The second kappa shape index (κ2) is 6.68. The number of carbonyl (C=O) groups is 1. The molecule has 2 rings (SSSR count). The highest BCUT2D eigenvalue weighted by atomic mass is 16.1. The van der Waals surface area contributed by atoms with E-state index >= 15 is 0 Å². The fourth-order valence-electron chi connectivity index (χ4n) is 2.32. The van der Waals surface area contributed by atoms with Crippen molar-refractivity contribution >= 4 is 11.6 Å². The van der Waals surface area contributed by atoms with Crippen LogP contribution < -0.4 is 11.1 Å². The summed E-state index contributed by atoms with van der Waals surface area (Å²) < 4.78 is 0. The average Bonchev–Trinajstić information content (AvgIpc) is 3.25. The Morgan fingerprint density at radius 2 is 2.16 bits per heavy atom. The van der Waals surface area contributed by atoms with Crippen molar-refractivity contribution in [1.82, 2.24) is 4.90 Å². The number of nitrogens with two attached hydrogens (primary N) is 1. The molecule has 4 nitrogen and oxygen atoms in total. The Balaban J connectivity index is 1.83. The van der Waals surface area contributed by atoms with Gasteiger partial charge in [0.05, 0.1) is 0 Å². The largest absolute Gasteiger partial charge is 0.326 e. The van der Waals surface area contributed by atoms with Crippen LogP contribution in [0, 0.1) is 0 Å². The SMILES string of the molecule is CCN(CCC(=O)Nc1ccccc1CN)C1CC1. The van der Waals surface area contributed by atoms with Gasteiger partial charge >= 0.3 is 0 Å². The van der Waals surface area contributed by atoms with Crippen molar-refractivity contribution in [2.45, 2.75) is 38.8 Å². The maximum Gasteiger partial charge on any atom is 0.225 e. The molecule has 1 aliphatic carbocycles. The number of hydrogen-bond acceptors (Lipinski definition) is 3. The van der Waals surface area contributed by atoms with Gasteiger partial charge in [0.2, 0.25) is 5.91 Å². The number of amides is 1. The second-order valence-corrected chi connectivity index (χ2v) is 5.02. The van der Waals surface area contributed by atoms with Gasteiger partial charge < -0.3 is 16.0 Å². The molecule has 1 saturated carbocycles. The van der Waals surface area contributed by atoms with Crippen molar-refractivity contribution in [2.24, 2.45) is 5.73 Å². The number of para-hydroxylation sites is 1. The van der Waals surface area contributed by atoms with Gasteiger partial charge in [-0.3, -0.25) is 4.79 Å². The lowest BCUT2D eigenvalue weighted by atomic mass is 10.1. The molecular formula is C15H23N3O. The van der Waals surface area contributed by atoms with Crippen LogP contribution in [-0.4, -0.2) is 29.9 Å². The van der Waals surface area contributed by atoms with Crippen molar-refractivity contribution in [3.05, 3.63) is 29.8 Å². The van der Waals surface area contributed by atoms with Gasteiger partial charge in [0.25, 0.3) is 0 Å². The molecule has 0 saturated heterocycles. The Bertz CT molecular complexity index is 429. The molecule has 1 amide bonds. The van der Waals surface area contributed by atoms with Crippen LogP contribution in [0.25, 0.3) is 0 Å². The van der Waals surface area contributed by atoms with Crippen molar-refractivity contribution in [1.29, 1.82) is 0 Å². The fraction of sp³-hybridized carbons (Fsp3) is 0.533. The molecule has 3 N–H and O–H groups in total. The standard InChI is InChI=1S/C15H23N3O/c1-2-18(13-7-8-13)10-9-15(19)17-14-6-4-3-5-12(14)11-16/h3-6,13H,2,7-11,16H2,1H3,(H,17,19). The lowest BCUT2D eigenvalue weighted by molar-refractivity contribution is -0.116. The van der Waals surface area contributed by atoms with Crippen LogP contribution in [0.2, 0.25) is 0 Å². The van der Waals surface area contributed by atoms with E-state index in [9.17, 15) is 4.79 Å². The summed E-state index contributed by atoms with van der Waals surface area (Å²) in [6.07, 6.45) is 3.11. The minimum atomic E-state index is 0.0694. The zero-order chi connectivity index (χ0) is 13.7. The molecule has 19 heavy (non-hydrogen) atoms. The molecular weight excluding hydrogens is 238 g/mol. The first-order valence-corrected chi connectivity index (χ1v) is 7.06. The maximum absolute atomic E-state index is 12.0. The summed E-state index contributed by atoms with van der Waals surface area (Å²) in [6.45, 7) is 4.47. The molecule has 1 aromatic carbocycles. The van der Waals surface area contributed by atoms with Gasteiger partial charge in [0.15, 0.2) is 0 Å². The molecule has 104 valence electrons. The molecule has 1 fully saturated rings. The van der Waals surface area contributed by atoms with Gasteiger partial charge in [-0.05, 0) is 31.0 Å². The highest BCUT2D eigenvalue weighted by Gasteiger charge is 2.27. The van der Waals surface area contributed by atoms with E-state index in [0.717, 1.165) is 24.3 Å². The fourth-order valence-corrected chi connectivity index (χ4v) is 2.32. The third kappa shape index (κ3) is 4.04. The Labute approximate surface area is 115 Å². The van der Waals surface area contributed by atoms with E-state index in [1.807, 2.05) is 24.3 Å². The van der Waals surface area contributed by atoms with Gasteiger partial charge in [0, 0.05) is 31.2 Å². The molecule has 4 heteroatoms. The van der Waals surface area contributed by atoms with Crippen LogP contribution in [0.4, 0.5) is 5.69 Å². The molecule has 0 atom stereocenters. The Hall–Kier alpha value is -1.39. The first-order valence-electron chi connectivity index (χ1n) is 7.06. The van der Waals surface area contributed by atoms with Crippen LogP contribution in [0.1, 0.15) is 31.7 Å². The second-order valence-electron chi connectivity index (χ2n) is 5.02. The third-order valence-electron chi connectivity index (χ3n) is 3.61. The van der Waals surface area contributed by atoms with E-state index in [-0.39, 0.29) is 5.91 Å². The lowest BCUT2D eigenvalue weighted by Gasteiger charge is -2.19. The normalized spacial score (nSPS) is 14.7. The maximum atomic E-state index is 12.0. The van der Waals surface area contributed by atoms with E-state index in [4.69, 9.17) is 5.73 Å². The number of hydrogen-bond donors (Lipinski definition) is 2. The van der Waals surface area contributed by atoms with Gasteiger partial charge in [0.1, 0.15) is 0 Å². The molecule has 0 heterocycles. The summed E-state index contributed by atoms with van der Waals surface area (Å²) in [5.41, 5.74) is 7.47. The molecule has 0 aliphatic heterocycles. The summed E-state index contributed by atoms with van der Waals surface area (Å²) in [7, 11) is 0. The highest BCUT2D eigenvalue weighted by Crippen LogP contribution is 2.26. The summed E-state index contributed by atoms with van der Waals surface area (Å²) >= 11 is 0. The number of nitrogens with zero attached hydrogens (tertiary/aromatic N) is 1. The van der Waals surface area contributed by atoms with Crippen molar-refractivity contribution in [3.8, 4) is 0 Å². The zero-order valence-corrected chi connectivity index (χ0v) is 11.6. The predicted octanol–water partition coefficient (Wildman–Crippen LogP) is 1.96. The van der Waals surface area contributed by atoms with E-state index in [1.165, 1.54) is 12.8 Å². The van der Waals surface area contributed by atoms with Gasteiger partial charge in [-0.2, -0.15) is 0 Å². The molecule has 0 spiro atoms. The molecule has 0 aromatic heterocycles. The molecule has 0 unspecified atom stereocenters. The first kappa shape index (κ1) is 14.0. The minimum Gasteiger partial charge on any atom is -0.326 e. The monoisotopic (exact) mass is 261 g/mol. The van der Waals surface area contributed by atoms with Crippen LogP contribution in [-0.2, 0) is 11.3 Å².